The van der Waals surface area contributed by atoms with Crippen molar-refractivity contribution in [2.45, 2.75) is 25.0 Å². The smallest absolute Gasteiger partial charge is 0.253 e. The van der Waals surface area contributed by atoms with E-state index in [2.05, 4.69) is 5.43 Å². The molecule has 7 heteroatoms. The number of methoxy groups -OCH3 is 1. The Morgan fingerprint density at radius 2 is 2.22 bits per heavy atom. The molecular formula is C11H23N3O4. The summed E-state index contributed by atoms with van der Waals surface area (Å²) in [6.45, 7) is 2.26. The van der Waals surface area contributed by atoms with Gasteiger partial charge >= 0.3 is 0 Å². The van der Waals surface area contributed by atoms with E-state index in [9.17, 15) is 4.79 Å². The summed E-state index contributed by atoms with van der Waals surface area (Å²) in [6.07, 6.45) is 1.85. The number of piperidine rings is 1. The van der Waals surface area contributed by atoms with E-state index in [4.69, 9.17) is 20.4 Å². The molecule has 0 bridgehead atoms. The van der Waals surface area contributed by atoms with Crippen molar-refractivity contribution in [3.05, 3.63) is 0 Å². The van der Waals surface area contributed by atoms with Gasteiger partial charge in [-0.1, -0.05) is 0 Å². The fourth-order valence-corrected chi connectivity index (χ4v) is 2.17. The molecule has 106 valence electrons. The molecule has 0 saturated carbocycles. The lowest BCUT2D eigenvalue weighted by Crippen LogP contribution is -2.54. The van der Waals surface area contributed by atoms with Crippen molar-refractivity contribution < 1.29 is 19.4 Å². The third-order valence-electron chi connectivity index (χ3n) is 3.13. The van der Waals surface area contributed by atoms with Crippen molar-refractivity contribution in [2.75, 3.05) is 40.0 Å². The molecule has 1 saturated heterocycles. The van der Waals surface area contributed by atoms with Gasteiger partial charge in [0.2, 0.25) is 0 Å². The molecule has 0 aromatic heterocycles. The average molecular weight is 261 g/mol. The number of hydrazine groups is 1. The van der Waals surface area contributed by atoms with Crippen LogP contribution in [0.4, 0.5) is 0 Å². The number of aliphatic hydroxyl groups is 1. The first-order chi connectivity index (χ1) is 8.72. The van der Waals surface area contributed by atoms with Gasteiger partial charge in [0, 0.05) is 20.2 Å². The van der Waals surface area contributed by atoms with Crippen molar-refractivity contribution in [1.29, 1.82) is 0 Å². The molecule has 0 spiro atoms. The van der Waals surface area contributed by atoms with E-state index in [0.29, 0.717) is 13.2 Å². The van der Waals surface area contributed by atoms with Crippen LogP contribution in [0.5, 0.6) is 0 Å². The van der Waals surface area contributed by atoms with Crippen LogP contribution in [0.1, 0.15) is 12.8 Å². The summed E-state index contributed by atoms with van der Waals surface area (Å²) in [5, 5.41) is 8.69. The van der Waals surface area contributed by atoms with E-state index in [1.165, 1.54) is 0 Å². The van der Waals surface area contributed by atoms with Gasteiger partial charge in [0.25, 0.3) is 5.91 Å². The maximum Gasteiger partial charge on any atom is 0.253 e. The van der Waals surface area contributed by atoms with Crippen LogP contribution in [-0.4, -0.2) is 68.1 Å². The zero-order valence-electron chi connectivity index (χ0n) is 10.8. The van der Waals surface area contributed by atoms with Gasteiger partial charge in [-0.05, 0) is 12.8 Å². The van der Waals surface area contributed by atoms with Gasteiger partial charge in [0.1, 0.15) is 6.04 Å². The number of carbonyl (C=O) groups is 1. The molecule has 1 atom stereocenters. The van der Waals surface area contributed by atoms with E-state index in [-0.39, 0.29) is 24.7 Å². The predicted octanol–water partition coefficient (Wildman–Crippen LogP) is -1.54. The number of ether oxygens (including phenoxy) is 2. The van der Waals surface area contributed by atoms with E-state index < -0.39 is 0 Å². The number of nitrogens with one attached hydrogen (secondary N) is 1. The molecule has 7 nitrogen and oxygen atoms in total. The lowest BCUT2D eigenvalue weighted by molar-refractivity contribution is -0.130. The SMILES string of the molecule is COCC(C(=O)NN)N1CCC(OCCO)CC1. The molecule has 0 aromatic carbocycles. The lowest BCUT2D eigenvalue weighted by atomic mass is 10.1. The highest BCUT2D eigenvalue weighted by Gasteiger charge is 2.29. The summed E-state index contributed by atoms with van der Waals surface area (Å²) in [4.78, 5) is 13.7. The molecule has 0 aliphatic carbocycles. The van der Waals surface area contributed by atoms with E-state index >= 15 is 0 Å². The molecule has 1 aliphatic rings. The first kappa shape index (κ1) is 15.3. The van der Waals surface area contributed by atoms with Gasteiger partial charge in [-0.15, -0.1) is 0 Å². The Labute approximate surface area is 107 Å². The number of likely N-dealkylation sites (tertiary alicyclic amines) is 1. The Balaban J connectivity index is 2.41. The zero-order chi connectivity index (χ0) is 13.4. The zero-order valence-corrected chi connectivity index (χ0v) is 10.8. The van der Waals surface area contributed by atoms with Crippen molar-refractivity contribution in [1.82, 2.24) is 10.3 Å². The Hall–Kier alpha value is -0.730. The van der Waals surface area contributed by atoms with Gasteiger partial charge in [-0.25, -0.2) is 5.84 Å². The van der Waals surface area contributed by atoms with E-state index in [1.807, 2.05) is 4.90 Å². The molecule has 1 fully saturated rings. The molecule has 18 heavy (non-hydrogen) atoms. The van der Waals surface area contributed by atoms with E-state index in [0.717, 1.165) is 25.9 Å². The number of amides is 1. The summed E-state index contributed by atoms with van der Waals surface area (Å²) in [5.41, 5.74) is 2.17. The van der Waals surface area contributed by atoms with Gasteiger partial charge in [-0.3, -0.25) is 15.1 Å². The molecule has 1 aliphatic heterocycles. The topological polar surface area (TPSA) is 97.0 Å². The molecule has 1 unspecified atom stereocenters. The highest BCUT2D eigenvalue weighted by molar-refractivity contribution is 5.81. The number of rotatable bonds is 7. The number of nitrogens with zero attached hydrogens (tertiary/aromatic N) is 1. The first-order valence-electron chi connectivity index (χ1n) is 6.18. The van der Waals surface area contributed by atoms with Crippen molar-refractivity contribution in [2.24, 2.45) is 5.84 Å². The van der Waals surface area contributed by atoms with Crippen LogP contribution >= 0.6 is 0 Å². The molecule has 1 amide bonds. The van der Waals surface area contributed by atoms with Crippen molar-refractivity contribution in [3.8, 4) is 0 Å². The Bertz CT molecular complexity index is 244. The molecule has 0 radical (unpaired) electrons. The van der Waals surface area contributed by atoms with Crippen LogP contribution in [0, 0.1) is 0 Å². The van der Waals surface area contributed by atoms with Crippen LogP contribution in [-0.2, 0) is 14.3 Å². The van der Waals surface area contributed by atoms with Crippen LogP contribution in [0.3, 0.4) is 0 Å². The van der Waals surface area contributed by atoms with Crippen LogP contribution < -0.4 is 11.3 Å². The summed E-state index contributed by atoms with van der Waals surface area (Å²) in [7, 11) is 1.56. The van der Waals surface area contributed by atoms with Crippen molar-refractivity contribution in [3.63, 3.8) is 0 Å². The second kappa shape index (κ2) is 8.39. The third kappa shape index (κ3) is 4.51. The highest BCUT2D eigenvalue weighted by atomic mass is 16.5. The minimum Gasteiger partial charge on any atom is -0.394 e. The van der Waals surface area contributed by atoms with Crippen molar-refractivity contribution >= 4 is 5.91 Å². The van der Waals surface area contributed by atoms with Gasteiger partial charge in [0.15, 0.2) is 0 Å². The fraction of sp³-hybridized carbons (Fsp3) is 0.909. The summed E-state index contributed by atoms with van der Waals surface area (Å²) in [6, 6.07) is -0.348. The predicted molar refractivity (Wildman–Crippen MR) is 65.6 cm³/mol. The Kier molecular flexibility index (Phi) is 7.14. The molecule has 1 heterocycles. The minimum atomic E-state index is -0.348. The summed E-state index contributed by atoms with van der Waals surface area (Å²) in [5.74, 6) is 4.94. The van der Waals surface area contributed by atoms with Gasteiger partial charge < -0.3 is 14.6 Å². The molecule has 0 aromatic rings. The number of hydrogen-bond donors (Lipinski definition) is 3. The van der Waals surface area contributed by atoms with Crippen LogP contribution in [0.25, 0.3) is 0 Å². The Morgan fingerprint density at radius 3 is 2.72 bits per heavy atom. The number of hydrogen-bond acceptors (Lipinski definition) is 6. The highest BCUT2D eigenvalue weighted by Crippen LogP contribution is 2.16. The standard InChI is InChI=1S/C11H23N3O4/c1-17-8-10(11(16)13-12)14-4-2-9(3-5-14)18-7-6-15/h9-10,15H,2-8,12H2,1H3,(H,13,16). The third-order valence-corrected chi connectivity index (χ3v) is 3.13. The van der Waals surface area contributed by atoms with E-state index in [1.54, 1.807) is 7.11 Å². The molecule has 1 rings (SSSR count). The quantitative estimate of drug-likeness (QED) is 0.292. The Morgan fingerprint density at radius 1 is 1.56 bits per heavy atom. The summed E-state index contributed by atoms with van der Waals surface area (Å²) < 4.78 is 10.5. The average Bonchev–Trinajstić information content (AvgIpc) is 2.42. The number of nitrogens with two attached hydrogens (primary N) is 1. The lowest BCUT2D eigenvalue weighted by Gasteiger charge is -2.36. The maximum absolute atomic E-state index is 11.6. The summed E-state index contributed by atoms with van der Waals surface area (Å²) >= 11 is 0. The monoisotopic (exact) mass is 261 g/mol. The van der Waals surface area contributed by atoms with Crippen LogP contribution in [0.15, 0.2) is 0 Å². The normalized spacial score (nSPS) is 19.7. The second-order valence-corrected chi connectivity index (χ2v) is 4.31. The minimum absolute atomic E-state index is 0.0437. The fourth-order valence-electron chi connectivity index (χ4n) is 2.17. The number of aliphatic hydroxyl groups excluding tert-OH is 1. The number of carbonyl (C=O) groups excluding carboxylic acids is 1. The van der Waals surface area contributed by atoms with Crippen LogP contribution in [0.2, 0.25) is 0 Å². The largest absolute Gasteiger partial charge is 0.394 e. The maximum atomic E-state index is 11.6. The van der Waals surface area contributed by atoms with Gasteiger partial charge in [0.05, 0.1) is 25.9 Å². The molecular weight excluding hydrogens is 238 g/mol. The molecule has 4 N–H and O–H groups in total. The van der Waals surface area contributed by atoms with Gasteiger partial charge in [-0.2, -0.15) is 0 Å². The first-order valence-corrected chi connectivity index (χ1v) is 6.18. The second-order valence-electron chi connectivity index (χ2n) is 4.31.